The van der Waals surface area contributed by atoms with E-state index in [-0.39, 0.29) is 50.0 Å². The second kappa shape index (κ2) is 15.4. The first-order valence-electron chi connectivity index (χ1n) is 19.6. The van der Waals surface area contributed by atoms with Crippen LogP contribution < -0.4 is 10.2 Å². The fraction of sp³-hybridized carbons (Fsp3) is 0.326. The van der Waals surface area contributed by atoms with Gasteiger partial charge in [-0.15, -0.1) is 0 Å². The smallest absolute Gasteiger partial charge is 0.303 e. The maximum Gasteiger partial charge on any atom is 0.303 e. The number of rotatable bonds is 13. The number of carboxylic acids is 1. The predicted octanol–water partition coefficient (Wildman–Crippen LogP) is 6.91. The summed E-state index contributed by atoms with van der Waals surface area (Å²) in [6.45, 7) is 2.40. The molecule has 1 saturated carbocycles. The lowest BCUT2D eigenvalue weighted by molar-refractivity contribution is -0.141. The number of carbonyl (C=O) groups excluding carboxylic acids is 4. The number of phenolic OH excluding ortho intramolecular Hbond substituents is 1. The van der Waals surface area contributed by atoms with Gasteiger partial charge in [0, 0.05) is 30.5 Å². The topological polar surface area (TPSA) is 154 Å². The lowest BCUT2D eigenvalue weighted by Crippen LogP contribution is -2.53. The molecular formula is C46H45N3O8. The molecular weight excluding hydrogens is 723 g/mol. The van der Waals surface area contributed by atoms with Gasteiger partial charge in [0.2, 0.25) is 11.8 Å². The minimum absolute atomic E-state index is 0.0178. The van der Waals surface area contributed by atoms with Crippen LogP contribution in [0.5, 0.6) is 11.5 Å². The van der Waals surface area contributed by atoms with Crippen LogP contribution in [-0.2, 0) is 36.0 Å². The van der Waals surface area contributed by atoms with Crippen LogP contribution in [0.4, 0.5) is 5.69 Å². The quantitative estimate of drug-likeness (QED) is 0.0749. The van der Waals surface area contributed by atoms with Crippen molar-refractivity contribution >= 4 is 35.3 Å². The van der Waals surface area contributed by atoms with Crippen molar-refractivity contribution in [3.63, 3.8) is 0 Å². The molecule has 2 saturated heterocycles. The number of hydrazine groups is 1. The molecule has 57 heavy (non-hydrogen) atoms. The van der Waals surface area contributed by atoms with Crippen LogP contribution in [0.25, 0.3) is 0 Å². The highest BCUT2D eigenvalue weighted by atomic mass is 16.5. The molecule has 11 nitrogen and oxygen atoms in total. The van der Waals surface area contributed by atoms with Gasteiger partial charge in [0.05, 0.1) is 28.9 Å². The van der Waals surface area contributed by atoms with Crippen LogP contribution >= 0.6 is 0 Å². The van der Waals surface area contributed by atoms with Crippen molar-refractivity contribution in [3.05, 3.63) is 137 Å². The van der Waals surface area contributed by atoms with Gasteiger partial charge in [-0.3, -0.25) is 34.3 Å². The molecule has 4 aromatic rings. The van der Waals surface area contributed by atoms with Crippen molar-refractivity contribution in [3.8, 4) is 11.5 Å². The van der Waals surface area contributed by atoms with Crippen molar-refractivity contribution in [2.45, 2.75) is 63.4 Å². The first-order valence-corrected chi connectivity index (χ1v) is 19.6. The number of carboxylic acid groups (broad SMARTS) is 1. The molecule has 3 N–H and O–H groups in total. The van der Waals surface area contributed by atoms with Gasteiger partial charge in [-0.05, 0) is 67.9 Å². The maximum absolute atomic E-state index is 15.4. The molecule has 2 heterocycles. The minimum atomic E-state index is -1.52. The Bertz CT molecular complexity index is 2240. The Labute approximate surface area is 330 Å². The summed E-state index contributed by atoms with van der Waals surface area (Å²) in [5.41, 5.74) is 5.85. The molecule has 0 aromatic heterocycles. The summed E-state index contributed by atoms with van der Waals surface area (Å²) >= 11 is 0. The fourth-order valence-electron chi connectivity index (χ4n) is 9.70. The van der Waals surface area contributed by atoms with E-state index in [2.05, 4.69) is 5.43 Å². The zero-order valence-corrected chi connectivity index (χ0v) is 31.7. The van der Waals surface area contributed by atoms with Gasteiger partial charge in [0.15, 0.2) is 0 Å². The summed E-state index contributed by atoms with van der Waals surface area (Å²) in [4.78, 5) is 70.9. The Hall–Kier alpha value is -6.23. The summed E-state index contributed by atoms with van der Waals surface area (Å²) < 4.78 is 6.07. The number of allylic oxidation sites excluding steroid dienone is 2. The highest BCUT2D eigenvalue weighted by molar-refractivity contribution is 6.13. The van der Waals surface area contributed by atoms with Crippen molar-refractivity contribution in [2.24, 2.45) is 23.7 Å². The van der Waals surface area contributed by atoms with E-state index in [4.69, 9.17) is 9.84 Å². The number of imide groups is 2. The van der Waals surface area contributed by atoms with E-state index in [9.17, 15) is 24.3 Å². The lowest BCUT2D eigenvalue weighted by Gasteiger charge is -2.50. The number of unbranched alkanes of at least 4 members (excludes halogenated alkanes) is 2. The Morgan fingerprint density at radius 2 is 1.56 bits per heavy atom. The first-order chi connectivity index (χ1) is 27.6. The number of aryl methyl sites for hydroxylation is 1. The third kappa shape index (κ3) is 6.64. The zero-order chi connectivity index (χ0) is 39.8. The number of hydrogen-bond donors (Lipinski definition) is 3. The summed E-state index contributed by atoms with van der Waals surface area (Å²) in [5, 5.41) is 22.1. The van der Waals surface area contributed by atoms with E-state index in [0.717, 1.165) is 21.7 Å². The Morgan fingerprint density at radius 1 is 0.842 bits per heavy atom. The molecule has 292 valence electrons. The standard InChI is InChI=1S/C46H45N3O8/c1-28-16-18-31(19-17-28)47-49-43(54)37-26-36-33(22-23-35-40(36)44(55)48(42(35)53)24-10-4-9-15-39(51)52)41(46(37,45(49)56)30-13-7-3-8-14-30)34-21-20-32(25-38(34)50)57-27-29-11-5-2-6-12-29/h2-3,5-8,11-14,16-22,25,35-37,40-41,47,50H,4,9-10,15,23-24,26-27H2,1H3,(H,51,52). The number of benzene rings is 4. The number of nitrogens with one attached hydrogen (secondary N) is 1. The van der Waals surface area contributed by atoms with Gasteiger partial charge < -0.3 is 14.9 Å². The number of fused-ring (bicyclic) bond motifs is 4. The second-order valence-electron chi connectivity index (χ2n) is 15.6. The fourth-order valence-corrected chi connectivity index (χ4v) is 9.70. The molecule has 6 atom stereocenters. The van der Waals surface area contributed by atoms with Gasteiger partial charge in [-0.1, -0.05) is 102 Å². The summed E-state index contributed by atoms with van der Waals surface area (Å²) in [6, 6.07) is 31.2. The number of anilines is 1. The van der Waals surface area contributed by atoms with Gasteiger partial charge in [0.1, 0.15) is 18.1 Å². The normalized spacial score (nSPS) is 25.1. The summed E-state index contributed by atoms with van der Waals surface area (Å²) in [6.07, 6.45) is 3.86. The molecule has 0 bridgehead atoms. The summed E-state index contributed by atoms with van der Waals surface area (Å²) in [5.74, 6) is -5.92. The molecule has 4 aromatic carbocycles. The van der Waals surface area contributed by atoms with Gasteiger partial charge in [0.25, 0.3) is 11.8 Å². The molecule has 4 amide bonds. The SMILES string of the molecule is Cc1ccc(NN2C(=O)C3CC4C(=CCC5C(=O)N(CCCCCC(=O)O)C(=O)C54)C(c4ccc(OCc5ccccc5)cc4O)C3(c3ccccc3)C2=O)cc1. The van der Waals surface area contributed by atoms with Crippen molar-refractivity contribution < 1.29 is 38.9 Å². The number of phenols is 1. The van der Waals surface area contributed by atoms with E-state index in [1.165, 1.54) is 11.0 Å². The molecule has 3 fully saturated rings. The lowest BCUT2D eigenvalue weighted by atomic mass is 9.49. The number of hydrogen-bond acceptors (Lipinski definition) is 8. The van der Waals surface area contributed by atoms with Crippen molar-refractivity contribution in [1.29, 1.82) is 0 Å². The van der Waals surface area contributed by atoms with Gasteiger partial charge >= 0.3 is 5.97 Å². The average Bonchev–Trinajstić information content (AvgIpc) is 3.58. The molecule has 0 radical (unpaired) electrons. The number of carbonyl (C=O) groups is 5. The Balaban J connectivity index is 1.22. The van der Waals surface area contributed by atoms with Crippen LogP contribution in [0, 0.1) is 30.6 Å². The summed E-state index contributed by atoms with van der Waals surface area (Å²) in [7, 11) is 0. The zero-order valence-electron chi connectivity index (χ0n) is 31.7. The maximum atomic E-state index is 15.4. The molecule has 4 aliphatic rings. The Morgan fingerprint density at radius 3 is 2.26 bits per heavy atom. The van der Waals surface area contributed by atoms with Crippen molar-refractivity contribution in [2.75, 3.05) is 12.0 Å². The number of amides is 4. The second-order valence-corrected chi connectivity index (χ2v) is 15.6. The molecule has 2 aliphatic carbocycles. The van der Waals surface area contributed by atoms with Crippen LogP contribution in [0.3, 0.4) is 0 Å². The van der Waals surface area contributed by atoms with E-state index in [1.54, 1.807) is 24.3 Å². The van der Waals surface area contributed by atoms with Crippen LogP contribution in [-0.4, -0.2) is 56.3 Å². The minimum Gasteiger partial charge on any atom is -0.508 e. The Kier molecular flexibility index (Phi) is 10.2. The molecule has 2 aliphatic heterocycles. The van der Waals surface area contributed by atoms with Crippen molar-refractivity contribution in [1.82, 2.24) is 9.91 Å². The number of likely N-dealkylation sites (tertiary alicyclic amines) is 1. The molecule has 0 spiro atoms. The van der Waals surface area contributed by atoms with Gasteiger partial charge in [-0.25, -0.2) is 0 Å². The largest absolute Gasteiger partial charge is 0.508 e. The third-order valence-electron chi connectivity index (χ3n) is 12.3. The van der Waals surface area contributed by atoms with E-state index < -0.39 is 52.8 Å². The number of aromatic hydroxyl groups is 1. The average molecular weight is 768 g/mol. The van der Waals surface area contributed by atoms with Crippen LogP contribution in [0.2, 0.25) is 0 Å². The van der Waals surface area contributed by atoms with Crippen LogP contribution in [0.1, 0.15) is 66.7 Å². The molecule has 6 unspecified atom stereocenters. The van der Waals surface area contributed by atoms with E-state index >= 15 is 4.79 Å². The number of aliphatic carboxylic acids is 1. The monoisotopic (exact) mass is 767 g/mol. The molecule has 11 heteroatoms. The first kappa shape index (κ1) is 37.7. The van der Waals surface area contributed by atoms with E-state index in [1.807, 2.05) is 85.8 Å². The third-order valence-corrected chi connectivity index (χ3v) is 12.3. The molecule has 8 rings (SSSR count). The van der Waals surface area contributed by atoms with Crippen LogP contribution in [0.15, 0.2) is 115 Å². The predicted molar refractivity (Wildman–Crippen MR) is 210 cm³/mol. The highest BCUT2D eigenvalue weighted by Crippen LogP contribution is 2.65. The number of nitrogens with zero attached hydrogens (tertiary/aromatic N) is 2. The highest BCUT2D eigenvalue weighted by Gasteiger charge is 2.70. The number of ether oxygens (including phenoxy) is 1. The van der Waals surface area contributed by atoms with Gasteiger partial charge in [-0.2, -0.15) is 5.01 Å². The van der Waals surface area contributed by atoms with E-state index in [0.29, 0.717) is 41.8 Å².